The maximum atomic E-state index is 6.96. The second-order valence-electron chi connectivity index (χ2n) is 18.6. The van der Waals surface area contributed by atoms with Crippen molar-refractivity contribution >= 4 is 0 Å². The van der Waals surface area contributed by atoms with Gasteiger partial charge in [0.15, 0.2) is 0 Å². The first-order valence-corrected chi connectivity index (χ1v) is 21.3. The Bertz CT molecular complexity index is 1850. The molecule has 6 saturated carbocycles. The third-order valence-corrected chi connectivity index (χ3v) is 16.0. The molecular weight excluding hydrogens is 661 g/mol. The molecule has 0 N–H and O–H groups in total. The molecule has 3 aromatic rings. The van der Waals surface area contributed by atoms with E-state index in [9.17, 15) is 0 Å². The van der Waals surface area contributed by atoms with Crippen molar-refractivity contribution in [1.29, 1.82) is 0 Å². The highest BCUT2D eigenvalue weighted by atomic mass is 16.6. The van der Waals surface area contributed by atoms with E-state index in [4.69, 9.17) is 28.4 Å². The van der Waals surface area contributed by atoms with Crippen molar-refractivity contribution in [3.8, 4) is 17.2 Å². The minimum Gasteiger partial charge on any atom is -0.490 e. The zero-order chi connectivity index (χ0) is 34.6. The van der Waals surface area contributed by atoms with Gasteiger partial charge in [0, 0.05) is 0 Å². The van der Waals surface area contributed by atoms with Crippen LogP contribution < -0.4 is 14.2 Å². The lowest BCUT2D eigenvalue weighted by Crippen LogP contribution is -2.24. The highest BCUT2D eigenvalue weighted by molar-refractivity contribution is 5.48. The summed E-state index contributed by atoms with van der Waals surface area (Å²) >= 11 is 0. The van der Waals surface area contributed by atoms with Gasteiger partial charge in [0.05, 0.1) is 19.8 Å². The van der Waals surface area contributed by atoms with E-state index in [1.807, 2.05) is 0 Å². The second-order valence-corrected chi connectivity index (χ2v) is 18.6. The summed E-state index contributed by atoms with van der Waals surface area (Å²) in [5.74, 6) is 12.3. The third-order valence-electron chi connectivity index (χ3n) is 16.0. The van der Waals surface area contributed by atoms with Gasteiger partial charge in [-0.15, -0.1) is 0 Å². The van der Waals surface area contributed by atoms with E-state index in [0.29, 0.717) is 43.5 Å². The van der Waals surface area contributed by atoms with Gasteiger partial charge in [-0.3, -0.25) is 0 Å². The minimum atomic E-state index is 0.262. The Hall–Kier alpha value is -3.06. The van der Waals surface area contributed by atoms with Gasteiger partial charge in [0.2, 0.25) is 0 Å². The number of ether oxygens (including phenoxy) is 6. The van der Waals surface area contributed by atoms with Gasteiger partial charge >= 0.3 is 0 Å². The quantitative estimate of drug-likeness (QED) is 0.165. The number of hydrogen-bond donors (Lipinski definition) is 0. The molecule has 53 heavy (non-hydrogen) atoms. The Morgan fingerprint density at radius 2 is 0.868 bits per heavy atom. The fourth-order valence-electron chi connectivity index (χ4n) is 13.6. The van der Waals surface area contributed by atoms with E-state index in [2.05, 4.69) is 66.7 Å². The Morgan fingerprint density at radius 1 is 0.415 bits per heavy atom. The van der Waals surface area contributed by atoms with E-state index < -0.39 is 0 Å². The molecule has 0 aromatic heterocycles. The lowest BCUT2D eigenvalue weighted by Gasteiger charge is -2.33. The number of rotatable bonds is 13. The first-order valence-electron chi connectivity index (χ1n) is 21.3. The van der Waals surface area contributed by atoms with Crippen LogP contribution in [0.4, 0.5) is 0 Å². The van der Waals surface area contributed by atoms with Crippen LogP contribution in [-0.2, 0) is 14.2 Å². The highest BCUT2D eigenvalue weighted by Crippen LogP contribution is 2.69. The van der Waals surface area contributed by atoms with Crippen molar-refractivity contribution in [2.45, 2.75) is 93.4 Å². The monoisotopic (exact) mass is 714 g/mol. The first-order chi connectivity index (χ1) is 26.2. The molecule has 6 aliphatic carbocycles. The van der Waals surface area contributed by atoms with Crippen LogP contribution in [-0.4, -0.2) is 58.0 Å². The topological polar surface area (TPSA) is 65.3 Å². The Labute approximate surface area is 314 Å². The van der Waals surface area contributed by atoms with Crippen LogP contribution in [0.2, 0.25) is 0 Å². The van der Waals surface area contributed by atoms with E-state index >= 15 is 0 Å². The summed E-state index contributed by atoms with van der Waals surface area (Å²) in [6.07, 6.45) is 11.5. The maximum Gasteiger partial charge on any atom is 0.126 e. The first kappa shape index (κ1) is 32.2. The molecule has 15 unspecified atom stereocenters. The normalized spacial score (nSPS) is 42.1. The smallest absolute Gasteiger partial charge is 0.126 e. The van der Waals surface area contributed by atoms with E-state index in [0.717, 1.165) is 78.7 Å². The fourth-order valence-corrected chi connectivity index (χ4v) is 13.6. The number of hydrogen-bond acceptors (Lipinski definition) is 6. The maximum absolute atomic E-state index is 6.96. The van der Waals surface area contributed by atoms with Gasteiger partial charge in [-0.05, 0) is 157 Å². The van der Waals surface area contributed by atoms with Crippen LogP contribution in [0.3, 0.4) is 0 Å². The SMILES string of the molecule is c1ccc(C2CC3C4CC(c5cccc(C6CC7C8CC(c9ccccc9OCC9CO9)C(C8)C7C6)c5OCC5CO5)C(C4)C3C2)c(OCC2CO2)c1. The Kier molecular flexibility index (Phi) is 7.75. The van der Waals surface area contributed by atoms with Crippen molar-refractivity contribution in [3.63, 3.8) is 0 Å². The standard InChI is InChI=1S/C47H54O6/c1-3-10-45(51-23-30-20-48-30)33(6-1)26-12-37-29-17-40(44(19-29)41(37)14-26)36-9-5-8-34(47(36)53-25-32-22-50-32)27-13-38-28-16-39(43(18-28)42(38)15-27)35-7-2-4-11-46(35)52-24-31-21-49-31/h1-11,26-32,37-44H,12-25H2. The Morgan fingerprint density at radius 3 is 1.47 bits per heavy atom. The molecule has 6 nitrogen and oxygen atoms in total. The molecule has 0 amide bonds. The molecule has 3 aromatic carbocycles. The van der Waals surface area contributed by atoms with E-state index in [1.165, 1.54) is 79.4 Å². The molecule has 15 atom stereocenters. The average Bonchev–Trinajstić information content (AvgIpc) is 4.13. The molecule has 9 fully saturated rings. The van der Waals surface area contributed by atoms with Crippen molar-refractivity contribution < 1.29 is 28.4 Å². The zero-order valence-electron chi connectivity index (χ0n) is 30.9. The van der Waals surface area contributed by atoms with Gasteiger partial charge < -0.3 is 28.4 Å². The predicted molar refractivity (Wildman–Crippen MR) is 201 cm³/mol. The molecule has 0 radical (unpaired) electrons. The van der Waals surface area contributed by atoms with Gasteiger partial charge in [-0.1, -0.05) is 54.6 Å². The summed E-state index contributed by atoms with van der Waals surface area (Å²) in [7, 11) is 0. The molecule has 12 rings (SSSR count). The molecule has 6 heteroatoms. The van der Waals surface area contributed by atoms with E-state index in [-0.39, 0.29) is 18.3 Å². The van der Waals surface area contributed by atoms with E-state index in [1.54, 1.807) is 0 Å². The third kappa shape index (κ3) is 5.75. The summed E-state index contributed by atoms with van der Waals surface area (Å²) in [6.45, 7) is 4.57. The van der Waals surface area contributed by atoms with Crippen molar-refractivity contribution in [2.75, 3.05) is 39.6 Å². The summed E-state index contributed by atoms with van der Waals surface area (Å²) in [5.41, 5.74) is 5.91. The lowest BCUT2D eigenvalue weighted by molar-refractivity contribution is 0.221. The molecule has 9 aliphatic rings. The summed E-state index contributed by atoms with van der Waals surface area (Å²) < 4.78 is 36.2. The lowest BCUT2D eigenvalue weighted by atomic mass is 9.72. The number of para-hydroxylation sites is 3. The van der Waals surface area contributed by atoms with Crippen LogP contribution in [0.1, 0.15) is 97.3 Å². The van der Waals surface area contributed by atoms with Crippen LogP contribution in [0.25, 0.3) is 0 Å². The van der Waals surface area contributed by atoms with Crippen LogP contribution in [0.15, 0.2) is 66.7 Å². The Balaban J connectivity index is 0.791. The van der Waals surface area contributed by atoms with Crippen LogP contribution in [0, 0.1) is 47.3 Å². The second kappa shape index (κ2) is 12.7. The minimum absolute atomic E-state index is 0.262. The molecule has 4 bridgehead atoms. The molecular formula is C47H54O6. The highest BCUT2D eigenvalue weighted by Gasteiger charge is 2.59. The molecule has 3 heterocycles. The van der Waals surface area contributed by atoms with Crippen LogP contribution in [0.5, 0.6) is 17.2 Å². The van der Waals surface area contributed by atoms with Gasteiger partial charge in [-0.25, -0.2) is 0 Å². The zero-order valence-corrected chi connectivity index (χ0v) is 30.9. The summed E-state index contributed by atoms with van der Waals surface area (Å²) in [5, 5.41) is 0. The van der Waals surface area contributed by atoms with Gasteiger partial charge in [0.1, 0.15) is 55.4 Å². The van der Waals surface area contributed by atoms with Crippen molar-refractivity contribution in [2.24, 2.45) is 47.3 Å². The molecule has 3 saturated heterocycles. The van der Waals surface area contributed by atoms with Crippen molar-refractivity contribution in [1.82, 2.24) is 0 Å². The summed E-state index contributed by atoms with van der Waals surface area (Å²) in [6, 6.07) is 25.1. The molecule has 0 spiro atoms. The van der Waals surface area contributed by atoms with Crippen molar-refractivity contribution in [3.05, 3.63) is 89.0 Å². The molecule has 3 aliphatic heterocycles. The predicted octanol–water partition coefficient (Wildman–Crippen LogP) is 8.89. The molecule has 278 valence electrons. The number of benzene rings is 3. The average molecular weight is 715 g/mol. The number of fused-ring (bicyclic) bond motifs is 10. The number of epoxide rings is 3. The summed E-state index contributed by atoms with van der Waals surface area (Å²) in [4.78, 5) is 0. The van der Waals surface area contributed by atoms with Crippen LogP contribution >= 0.6 is 0 Å². The van der Waals surface area contributed by atoms with Gasteiger partial charge in [-0.2, -0.15) is 0 Å². The fraction of sp³-hybridized carbons (Fsp3) is 0.617. The largest absolute Gasteiger partial charge is 0.490 e. The van der Waals surface area contributed by atoms with Gasteiger partial charge in [0.25, 0.3) is 0 Å².